The summed E-state index contributed by atoms with van der Waals surface area (Å²) in [5.74, 6) is 0.346. The Morgan fingerprint density at radius 1 is 1.36 bits per heavy atom. The van der Waals surface area contributed by atoms with Gasteiger partial charge in [-0.3, -0.25) is 0 Å². The average Bonchev–Trinajstić information content (AvgIpc) is 2.23. The molecule has 1 atom stereocenters. The third kappa shape index (κ3) is 1.82. The normalized spacial score (nSPS) is 22.1. The molecule has 0 unspecified atom stereocenters. The molecular weight excluding hydrogens is 176 g/mol. The minimum Gasteiger partial charge on any atom is -0.508 e. The lowest BCUT2D eigenvalue weighted by Gasteiger charge is -2.24. The minimum absolute atomic E-state index is 0.271. The van der Waals surface area contributed by atoms with Crippen LogP contribution in [-0.4, -0.2) is 11.7 Å². The van der Waals surface area contributed by atoms with Gasteiger partial charge < -0.3 is 16.2 Å². The molecule has 1 aliphatic heterocycles. The van der Waals surface area contributed by atoms with Gasteiger partial charge in [0.25, 0.3) is 0 Å². The van der Waals surface area contributed by atoms with E-state index in [1.807, 2.05) is 6.07 Å². The lowest BCUT2D eigenvalue weighted by atomic mass is 9.96. The van der Waals surface area contributed by atoms with E-state index < -0.39 is 0 Å². The van der Waals surface area contributed by atoms with Crippen LogP contribution < -0.4 is 11.1 Å². The molecule has 14 heavy (non-hydrogen) atoms. The summed E-state index contributed by atoms with van der Waals surface area (Å²) in [6.07, 6.45) is 3.52. The van der Waals surface area contributed by atoms with E-state index in [2.05, 4.69) is 5.32 Å². The SMILES string of the molecule is Nc1ccc(O)c([C@@H]2CCCCN2)c1. The van der Waals surface area contributed by atoms with Gasteiger partial charge in [0.05, 0.1) is 0 Å². The van der Waals surface area contributed by atoms with Gasteiger partial charge in [-0.1, -0.05) is 6.42 Å². The molecule has 76 valence electrons. The van der Waals surface area contributed by atoms with E-state index in [-0.39, 0.29) is 6.04 Å². The van der Waals surface area contributed by atoms with Gasteiger partial charge in [-0.15, -0.1) is 0 Å². The number of aromatic hydroxyl groups is 1. The first-order valence-electron chi connectivity index (χ1n) is 5.09. The van der Waals surface area contributed by atoms with E-state index in [0.717, 1.165) is 18.5 Å². The maximum atomic E-state index is 9.69. The number of hydrogen-bond acceptors (Lipinski definition) is 3. The summed E-state index contributed by atoms with van der Waals surface area (Å²) in [4.78, 5) is 0. The summed E-state index contributed by atoms with van der Waals surface area (Å²) < 4.78 is 0. The van der Waals surface area contributed by atoms with Crippen molar-refractivity contribution < 1.29 is 5.11 Å². The van der Waals surface area contributed by atoms with Gasteiger partial charge in [0, 0.05) is 17.3 Å². The Morgan fingerprint density at radius 2 is 2.21 bits per heavy atom. The predicted molar refractivity (Wildman–Crippen MR) is 57.1 cm³/mol. The summed E-state index contributed by atoms with van der Waals surface area (Å²) in [5, 5.41) is 13.1. The van der Waals surface area contributed by atoms with Crippen LogP contribution in [0, 0.1) is 0 Å². The lowest BCUT2D eigenvalue weighted by molar-refractivity contribution is 0.391. The van der Waals surface area contributed by atoms with Crippen LogP contribution in [0.5, 0.6) is 5.75 Å². The molecule has 1 fully saturated rings. The molecular formula is C11H16N2O. The topological polar surface area (TPSA) is 58.3 Å². The highest BCUT2D eigenvalue weighted by Gasteiger charge is 2.17. The van der Waals surface area contributed by atoms with Gasteiger partial charge in [-0.2, -0.15) is 0 Å². The van der Waals surface area contributed by atoms with Gasteiger partial charge in [0.1, 0.15) is 5.75 Å². The molecule has 1 aliphatic rings. The summed E-state index contributed by atoms with van der Waals surface area (Å²) >= 11 is 0. The molecule has 1 saturated heterocycles. The maximum absolute atomic E-state index is 9.69. The Bertz CT molecular complexity index is 319. The second kappa shape index (κ2) is 3.88. The first-order valence-corrected chi connectivity index (χ1v) is 5.09. The summed E-state index contributed by atoms with van der Waals surface area (Å²) in [6.45, 7) is 1.03. The zero-order valence-corrected chi connectivity index (χ0v) is 8.16. The van der Waals surface area contributed by atoms with Crippen LogP contribution >= 0.6 is 0 Å². The van der Waals surface area contributed by atoms with Crippen LogP contribution in [0.25, 0.3) is 0 Å². The van der Waals surface area contributed by atoms with Crippen LogP contribution in [-0.2, 0) is 0 Å². The number of phenols is 1. The fraction of sp³-hybridized carbons (Fsp3) is 0.455. The Morgan fingerprint density at radius 3 is 2.93 bits per heavy atom. The van der Waals surface area contributed by atoms with Crippen molar-refractivity contribution in [2.24, 2.45) is 0 Å². The fourth-order valence-corrected chi connectivity index (χ4v) is 1.97. The van der Waals surface area contributed by atoms with Gasteiger partial charge in [0.2, 0.25) is 0 Å². The molecule has 0 spiro atoms. The first kappa shape index (κ1) is 9.34. The monoisotopic (exact) mass is 192 g/mol. The Labute approximate surface area is 83.9 Å². The van der Waals surface area contributed by atoms with Crippen molar-refractivity contribution in [3.8, 4) is 5.75 Å². The molecule has 0 amide bonds. The van der Waals surface area contributed by atoms with Crippen LogP contribution in [0.3, 0.4) is 0 Å². The standard InChI is InChI=1S/C11H16N2O/c12-8-4-5-11(14)9(7-8)10-3-1-2-6-13-10/h4-5,7,10,13-14H,1-3,6,12H2/t10-/m0/s1. The number of anilines is 1. The molecule has 1 heterocycles. The Hall–Kier alpha value is -1.22. The largest absolute Gasteiger partial charge is 0.508 e. The highest BCUT2D eigenvalue weighted by Crippen LogP contribution is 2.30. The predicted octanol–water partition coefficient (Wildman–Crippen LogP) is 1.79. The van der Waals surface area contributed by atoms with Crippen molar-refractivity contribution in [1.29, 1.82) is 0 Å². The van der Waals surface area contributed by atoms with Crippen molar-refractivity contribution in [3.05, 3.63) is 23.8 Å². The summed E-state index contributed by atoms with van der Waals surface area (Å²) in [7, 11) is 0. The van der Waals surface area contributed by atoms with Crippen molar-refractivity contribution >= 4 is 5.69 Å². The number of nitrogens with two attached hydrogens (primary N) is 1. The number of benzene rings is 1. The molecule has 4 N–H and O–H groups in total. The number of nitrogen functional groups attached to an aromatic ring is 1. The second-order valence-electron chi connectivity index (χ2n) is 3.82. The smallest absolute Gasteiger partial charge is 0.120 e. The zero-order valence-electron chi connectivity index (χ0n) is 8.16. The maximum Gasteiger partial charge on any atom is 0.120 e. The van der Waals surface area contributed by atoms with E-state index in [9.17, 15) is 5.11 Å². The van der Waals surface area contributed by atoms with Gasteiger partial charge >= 0.3 is 0 Å². The molecule has 0 aromatic heterocycles. The average molecular weight is 192 g/mol. The molecule has 2 rings (SSSR count). The van der Waals surface area contributed by atoms with E-state index in [1.54, 1.807) is 12.1 Å². The number of nitrogens with one attached hydrogen (secondary N) is 1. The molecule has 0 aliphatic carbocycles. The molecule has 0 bridgehead atoms. The van der Waals surface area contributed by atoms with Gasteiger partial charge in [-0.05, 0) is 37.6 Å². The fourth-order valence-electron chi connectivity index (χ4n) is 1.97. The van der Waals surface area contributed by atoms with Crippen LogP contribution in [0.1, 0.15) is 30.9 Å². The van der Waals surface area contributed by atoms with E-state index in [4.69, 9.17) is 5.73 Å². The zero-order chi connectivity index (χ0) is 9.97. The van der Waals surface area contributed by atoms with Crippen molar-refractivity contribution in [1.82, 2.24) is 5.32 Å². The van der Waals surface area contributed by atoms with E-state index >= 15 is 0 Å². The summed E-state index contributed by atoms with van der Waals surface area (Å²) in [5.41, 5.74) is 7.34. The molecule has 3 nitrogen and oxygen atoms in total. The summed E-state index contributed by atoms with van der Waals surface area (Å²) in [6, 6.07) is 5.52. The molecule has 0 radical (unpaired) electrons. The van der Waals surface area contributed by atoms with Gasteiger partial charge in [0.15, 0.2) is 0 Å². The number of piperidine rings is 1. The quantitative estimate of drug-likeness (QED) is 0.469. The van der Waals surface area contributed by atoms with E-state index in [0.29, 0.717) is 11.4 Å². The van der Waals surface area contributed by atoms with Crippen LogP contribution in [0.4, 0.5) is 5.69 Å². The third-order valence-corrected chi connectivity index (χ3v) is 2.74. The highest BCUT2D eigenvalue weighted by atomic mass is 16.3. The van der Waals surface area contributed by atoms with Crippen molar-refractivity contribution in [2.45, 2.75) is 25.3 Å². The Kier molecular flexibility index (Phi) is 2.59. The number of hydrogen-bond donors (Lipinski definition) is 3. The first-order chi connectivity index (χ1) is 6.77. The van der Waals surface area contributed by atoms with E-state index in [1.165, 1.54) is 12.8 Å². The second-order valence-corrected chi connectivity index (χ2v) is 3.82. The Balaban J connectivity index is 2.24. The number of rotatable bonds is 1. The van der Waals surface area contributed by atoms with Crippen LogP contribution in [0.2, 0.25) is 0 Å². The van der Waals surface area contributed by atoms with Crippen LogP contribution in [0.15, 0.2) is 18.2 Å². The lowest BCUT2D eigenvalue weighted by Crippen LogP contribution is -2.26. The molecule has 3 heteroatoms. The minimum atomic E-state index is 0.271. The molecule has 1 aromatic carbocycles. The van der Waals surface area contributed by atoms with Gasteiger partial charge in [-0.25, -0.2) is 0 Å². The number of phenolic OH excluding ortho intramolecular Hbond substituents is 1. The highest BCUT2D eigenvalue weighted by molar-refractivity contribution is 5.48. The van der Waals surface area contributed by atoms with Crippen molar-refractivity contribution in [3.63, 3.8) is 0 Å². The molecule has 1 aromatic rings. The molecule has 0 saturated carbocycles. The third-order valence-electron chi connectivity index (χ3n) is 2.74. The van der Waals surface area contributed by atoms with Crippen molar-refractivity contribution in [2.75, 3.05) is 12.3 Å².